The lowest BCUT2D eigenvalue weighted by molar-refractivity contribution is 0.0744. The van der Waals surface area contributed by atoms with Gasteiger partial charge in [0, 0.05) is 56.9 Å². The van der Waals surface area contributed by atoms with Gasteiger partial charge in [-0.05, 0) is 38.1 Å². The van der Waals surface area contributed by atoms with Crippen molar-refractivity contribution in [1.82, 2.24) is 19.4 Å². The number of carbonyl (C=O) groups is 1. The SMILES string of the molecule is Cc1ccc(Nc2nc(C)cc(N3CCN(C(=O)c4cccn(C)c4=O)CC3)n2)cc1. The second-order valence-electron chi connectivity index (χ2n) is 7.80. The van der Waals surface area contributed by atoms with Crippen LogP contribution in [0.3, 0.4) is 0 Å². The van der Waals surface area contributed by atoms with Crippen LogP contribution in [-0.4, -0.2) is 51.5 Å². The molecule has 31 heavy (non-hydrogen) atoms. The fourth-order valence-corrected chi connectivity index (χ4v) is 3.60. The molecule has 8 nitrogen and oxygen atoms in total. The molecule has 1 fully saturated rings. The van der Waals surface area contributed by atoms with Crippen molar-refractivity contribution in [2.24, 2.45) is 7.05 Å². The number of rotatable bonds is 4. The number of hydrogen-bond donors (Lipinski definition) is 1. The van der Waals surface area contributed by atoms with Gasteiger partial charge in [-0.2, -0.15) is 4.98 Å². The Labute approximate surface area is 181 Å². The lowest BCUT2D eigenvalue weighted by Crippen LogP contribution is -2.50. The van der Waals surface area contributed by atoms with E-state index in [1.54, 1.807) is 30.3 Å². The summed E-state index contributed by atoms with van der Waals surface area (Å²) in [5.74, 6) is 1.15. The zero-order chi connectivity index (χ0) is 22.0. The first-order valence-electron chi connectivity index (χ1n) is 10.3. The highest BCUT2D eigenvalue weighted by Gasteiger charge is 2.25. The molecule has 0 bridgehead atoms. The predicted molar refractivity (Wildman–Crippen MR) is 121 cm³/mol. The number of anilines is 3. The number of nitrogens with zero attached hydrogens (tertiary/aromatic N) is 5. The summed E-state index contributed by atoms with van der Waals surface area (Å²) in [7, 11) is 1.65. The summed E-state index contributed by atoms with van der Waals surface area (Å²) in [6, 6.07) is 13.3. The van der Waals surface area contributed by atoms with Crippen LogP contribution in [0.15, 0.2) is 53.5 Å². The third-order valence-corrected chi connectivity index (χ3v) is 5.39. The van der Waals surface area contributed by atoms with Crippen LogP contribution in [0.1, 0.15) is 21.6 Å². The Morgan fingerprint density at radius 2 is 1.71 bits per heavy atom. The third kappa shape index (κ3) is 4.58. The molecule has 3 heterocycles. The van der Waals surface area contributed by atoms with E-state index in [1.165, 1.54) is 10.1 Å². The summed E-state index contributed by atoms with van der Waals surface area (Å²) in [4.78, 5) is 38.1. The van der Waals surface area contributed by atoms with Gasteiger partial charge in [-0.25, -0.2) is 4.98 Å². The third-order valence-electron chi connectivity index (χ3n) is 5.39. The topological polar surface area (TPSA) is 83.4 Å². The molecule has 0 atom stereocenters. The molecule has 0 saturated carbocycles. The van der Waals surface area contributed by atoms with E-state index in [0.717, 1.165) is 17.2 Å². The van der Waals surface area contributed by atoms with Gasteiger partial charge in [0.25, 0.3) is 11.5 Å². The van der Waals surface area contributed by atoms with Crippen molar-refractivity contribution in [3.63, 3.8) is 0 Å². The van der Waals surface area contributed by atoms with Crippen LogP contribution in [0.2, 0.25) is 0 Å². The van der Waals surface area contributed by atoms with Gasteiger partial charge in [-0.15, -0.1) is 0 Å². The van der Waals surface area contributed by atoms with E-state index < -0.39 is 0 Å². The quantitative estimate of drug-likeness (QED) is 0.701. The second-order valence-corrected chi connectivity index (χ2v) is 7.80. The fraction of sp³-hybridized carbons (Fsp3) is 0.304. The van der Waals surface area contributed by atoms with Gasteiger partial charge in [0.05, 0.1) is 0 Å². The molecule has 0 radical (unpaired) electrons. The van der Waals surface area contributed by atoms with Gasteiger partial charge in [-0.3, -0.25) is 9.59 Å². The molecule has 0 unspecified atom stereocenters. The molecule has 1 amide bonds. The molecule has 1 aliphatic heterocycles. The van der Waals surface area contributed by atoms with Gasteiger partial charge in [-0.1, -0.05) is 17.7 Å². The Balaban J connectivity index is 1.45. The number of amides is 1. The lowest BCUT2D eigenvalue weighted by atomic mass is 10.2. The number of benzene rings is 1. The molecule has 1 saturated heterocycles. The van der Waals surface area contributed by atoms with Crippen LogP contribution >= 0.6 is 0 Å². The molecular weight excluding hydrogens is 392 g/mol. The van der Waals surface area contributed by atoms with Crippen molar-refractivity contribution in [1.29, 1.82) is 0 Å². The maximum absolute atomic E-state index is 12.8. The van der Waals surface area contributed by atoms with E-state index in [9.17, 15) is 9.59 Å². The summed E-state index contributed by atoms with van der Waals surface area (Å²) >= 11 is 0. The van der Waals surface area contributed by atoms with Crippen molar-refractivity contribution in [2.45, 2.75) is 13.8 Å². The van der Waals surface area contributed by atoms with E-state index in [0.29, 0.717) is 32.1 Å². The minimum Gasteiger partial charge on any atom is -0.353 e. The molecule has 1 N–H and O–H groups in total. The molecule has 1 aromatic carbocycles. The molecule has 3 aromatic rings. The molecule has 0 spiro atoms. The number of aromatic nitrogens is 3. The minimum atomic E-state index is -0.270. The number of aryl methyl sites for hydroxylation is 3. The van der Waals surface area contributed by atoms with E-state index in [1.807, 2.05) is 44.2 Å². The number of hydrogen-bond acceptors (Lipinski definition) is 6. The van der Waals surface area contributed by atoms with Crippen LogP contribution in [0.25, 0.3) is 0 Å². The summed E-state index contributed by atoms with van der Waals surface area (Å²) in [6.07, 6.45) is 1.65. The Bertz CT molecular complexity index is 1150. The Hall–Kier alpha value is -3.68. The summed E-state index contributed by atoms with van der Waals surface area (Å²) in [6.45, 7) is 6.32. The van der Waals surface area contributed by atoms with Crippen molar-refractivity contribution < 1.29 is 4.79 Å². The standard InChI is InChI=1S/C23H26N6O2/c1-16-6-8-18(9-7-16)25-23-24-17(2)15-20(26-23)28-11-13-29(14-12-28)22(31)19-5-4-10-27(3)21(19)30/h4-10,15H,11-14H2,1-3H3,(H,24,25,26). The largest absolute Gasteiger partial charge is 0.353 e. The van der Waals surface area contributed by atoms with Gasteiger partial charge in [0.15, 0.2) is 0 Å². The molecule has 8 heteroatoms. The maximum atomic E-state index is 12.8. The zero-order valence-electron chi connectivity index (χ0n) is 18.0. The summed E-state index contributed by atoms with van der Waals surface area (Å²) < 4.78 is 1.43. The van der Waals surface area contributed by atoms with E-state index in [4.69, 9.17) is 0 Å². The molecule has 2 aromatic heterocycles. The average molecular weight is 419 g/mol. The first-order valence-corrected chi connectivity index (χ1v) is 10.3. The molecule has 160 valence electrons. The van der Waals surface area contributed by atoms with Crippen molar-refractivity contribution in [3.05, 3.63) is 75.8 Å². The van der Waals surface area contributed by atoms with Crippen molar-refractivity contribution in [3.8, 4) is 0 Å². The van der Waals surface area contributed by atoms with Gasteiger partial charge < -0.3 is 19.7 Å². The Morgan fingerprint density at radius 1 is 1.00 bits per heavy atom. The highest BCUT2D eigenvalue weighted by atomic mass is 16.2. The minimum absolute atomic E-state index is 0.209. The van der Waals surface area contributed by atoms with E-state index >= 15 is 0 Å². The first kappa shape index (κ1) is 20.6. The van der Waals surface area contributed by atoms with Crippen LogP contribution in [0, 0.1) is 13.8 Å². The molecule has 1 aliphatic rings. The van der Waals surface area contributed by atoms with Gasteiger partial charge >= 0.3 is 0 Å². The van der Waals surface area contributed by atoms with E-state index in [-0.39, 0.29) is 17.0 Å². The highest BCUT2D eigenvalue weighted by molar-refractivity contribution is 5.94. The molecule has 4 rings (SSSR count). The second kappa shape index (κ2) is 8.59. The number of piperazine rings is 1. The van der Waals surface area contributed by atoms with Crippen LogP contribution < -0.4 is 15.8 Å². The van der Waals surface area contributed by atoms with Gasteiger partial charge in [0.1, 0.15) is 11.4 Å². The van der Waals surface area contributed by atoms with Crippen LogP contribution in [0.4, 0.5) is 17.5 Å². The van der Waals surface area contributed by atoms with Crippen molar-refractivity contribution >= 4 is 23.4 Å². The smallest absolute Gasteiger partial charge is 0.263 e. The number of nitrogens with one attached hydrogen (secondary N) is 1. The summed E-state index contributed by atoms with van der Waals surface area (Å²) in [5.41, 5.74) is 2.93. The Morgan fingerprint density at radius 3 is 2.42 bits per heavy atom. The number of pyridine rings is 1. The average Bonchev–Trinajstić information content (AvgIpc) is 2.76. The Kier molecular flexibility index (Phi) is 5.70. The van der Waals surface area contributed by atoms with E-state index in [2.05, 4.69) is 20.2 Å². The lowest BCUT2D eigenvalue weighted by Gasteiger charge is -2.35. The normalized spacial score (nSPS) is 13.9. The summed E-state index contributed by atoms with van der Waals surface area (Å²) in [5, 5.41) is 3.26. The maximum Gasteiger partial charge on any atom is 0.263 e. The van der Waals surface area contributed by atoms with Crippen LogP contribution in [-0.2, 0) is 7.05 Å². The predicted octanol–water partition coefficient (Wildman–Crippen LogP) is 2.50. The van der Waals surface area contributed by atoms with Crippen LogP contribution in [0.5, 0.6) is 0 Å². The molecular formula is C23H26N6O2. The monoisotopic (exact) mass is 418 g/mol. The first-order chi connectivity index (χ1) is 14.9. The fourth-order valence-electron chi connectivity index (χ4n) is 3.60. The van der Waals surface area contributed by atoms with Gasteiger partial charge in [0.2, 0.25) is 5.95 Å². The zero-order valence-corrected chi connectivity index (χ0v) is 18.0. The van der Waals surface area contributed by atoms with Crippen molar-refractivity contribution in [2.75, 3.05) is 36.4 Å². The highest BCUT2D eigenvalue weighted by Crippen LogP contribution is 2.20. The molecule has 0 aliphatic carbocycles. The number of carbonyl (C=O) groups excluding carboxylic acids is 1.